The molecular weight excluding hydrogens is 372 g/mol. The average Bonchev–Trinajstić information content (AvgIpc) is 3.07. The van der Waals surface area contributed by atoms with Gasteiger partial charge in [-0.3, -0.25) is 14.8 Å². The number of benzene rings is 1. The number of aromatic amines is 1. The Morgan fingerprint density at radius 3 is 2.48 bits per heavy atom. The Morgan fingerprint density at radius 1 is 1.07 bits per heavy atom. The number of H-pyrrole nitrogens is 1. The van der Waals surface area contributed by atoms with Crippen LogP contribution in [0.4, 0.5) is 0 Å². The Morgan fingerprint density at radius 2 is 1.78 bits per heavy atom. The van der Waals surface area contributed by atoms with E-state index in [1.165, 1.54) is 22.5 Å². The van der Waals surface area contributed by atoms with E-state index in [1.54, 1.807) is 29.4 Å². The number of rotatable bonds is 3. The van der Waals surface area contributed by atoms with E-state index in [0.717, 1.165) is 0 Å². The summed E-state index contributed by atoms with van der Waals surface area (Å²) in [5.41, 5.74) is 1.15. The molecule has 9 nitrogen and oxygen atoms in total. The number of amides is 1. The Labute approximate surface area is 154 Å². The third-order valence-electron chi connectivity index (χ3n) is 4.48. The maximum Gasteiger partial charge on any atom is 0.417 e. The van der Waals surface area contributed by atoms with Crippen LogP contribution >= 0.6 is 0 Å². The van der Waals surface area contributed by atoms with Crippen LogP contribution in [-0.4, -0.2) is 59.7 Å². The molecule has 0 unspecified atom stereocenters. The molecule has 10 heteroatoms. The van der Waals surface area contributed by atoms with Gasteiger partial charge in [0.15, 0.2) is 5.58 Å². The molecule has 1 fully saturated rings. The lowest BCUT2D eigenvalue weighted by Gasteiger charge is -2.34. The zero-order chi connectivity index (χ0) is 19.0. The predicted molar refractivity (Wildman–Crippen MR) is 95.7 cm³/mol. The minimum Gasteiger partial charge on any atom is -0.408 e. The Hall–Kier alpha value is -2.98. The van der Waals surface area contributed by atoms with Crippen molar-refractivity contribution in [2.24, 2.45) is 0 Å². The van der Waals surface area contributed by atoms with Gasteiger partial charge in [0.1, 0.15) is 0 Å². The summed E-state index contributed by atoms with van der Waals surface area (Å²) in [6, 6.07) is 7.52. The first-order valence-corrected chi connectivity index (χ1v) is 9.71. The number of carbonyl (C=O) groups excluding carboxylic acids is 1. The van der Waals surface area contributed by atoms with Gasteiger partial charge in [0.2, 0.25) is 10.0 Å². The number of hydrogen-bond acceptors (Lipinski definition) is 6. The fraction of sp³-hybridized carbons (Fsp3) is 0.235. The molecule has 1 aromatic carbocycles. The summed E-state index contributed by atoms with van der Waals surface area (Å²) < 4.78 is 32.0. The molecule has 27 heavy (non-hydrogen) atoms. The van der Waals surface area contributed by atoms with Gasteiger partial charge in [-0.15, -0.1) is 0 Å². The number of fused-ring (bicyclic) bond motifs is 1. The zero-order valence-corrected chi connectivity index (χ0v) is 15.0. The average molecular weight is 388 g/mol. The fourth-order valence-corrected chi connectivity index (χ4v) is 4.48. The minimum absolute atomic E-state index is 0.0478. The summed E-state index contributed by atoms with van der Waals surface area (Å²) >= 11 is 0. The van der Waals surface area contributed by atoms with E-state index in [1.807, 2.05) is 0 Å². The lowest BCUT2D eigenvalue weighted by atomic mass is 10.2. The second-order valence-corrected chi connectivity index (χ2v) is 8.04. The van der Waals surface area contributed by atoms with Gasteiger partial charge in [-0.2, -0.15) is 4.31 Å². The molecule has 0 saturated carbocycles. The zero-order valence-electron chi connectivity index (χ0n) is 14.2. The first kappa shape index (κ1) is 17.4. The van der Waals surface area contributed by atoms with Crippen molar-refractivity contribution in [3.63, 3.8) is 0 Å². The summed E-state index contributed by atoms with van der Waals surface area (Å²) in [4.78, 5) is 31.7. The molecule has 1 N–H and O–H groups in total. The summed E-state index contributed by atoms with van der Waals surface area (Å²) in [6.45, 7) is 0.965. The SMILES string of the molecule is O=C(c1ccncc1)N1CCN(S(=O)(=O)c2ccc3[nH]c(=O)oc3c2)CC1. The van der Waals surface area contributed by atoms with Crippen LogP contribution in [0.2, 0.25) is 0 Å². The second-order valence-electron chi connectivity index (χ2n) is 6.10. The normalized spacial score (nSPS) is 15.9. The van der Waals surface area contributed by atoms with Crippen molar-refractivity contribution in [2.45, 2.75) is 4.90 Å². The largest absolute Gasteiger partial charge is 0.417 e. The number of pyridine rings is 1. The molecule has 1 aliphatic rings. The van der Waals surface area contributed by atoms with Gasteiger partial charge in [0.05, 0.1) is 10.4 Å². The van der Waals surface area contributed by atoms with Crippen LogP contribution in [0.25, 0.3) is 11.1 Å². The molecule has 4 rings (SSSR count). The van der Waals surface area contributed by atoms with Gasteiger partial charge >= 0.3 is 5.76 Å². The van der Waals surface area contributed by atoms with Crippen molar-refractivity contribution in [3.05, 3.63) is 58.8 Å². The Kier molecular flexibility index (Phi) is 4.28. The number of nitrogens with zero attached hydrogens (tertiary/aromatic N) is 3. The number of piperazine rings is 1. The minimum atomic E-state index is -3.75. The predicted octanol–water partition coefficient (Wildman–Crippen LogP) is 0.663. The van der Waals surface area contributed by atoms with Gasteiger partial charge in [-0.1, -0.05) is 0 Å². The first-order chi connectivity index (χ1) is 12.9. The molecule has 0 aliphatic carbocycles. The maximum absolute atomic E-state index is 12.9. The van der Waals surface area contributed by atoms with Crippen molar-refractivity contribution in [2.75, 3.05) is 26.2 Å². The lowest BCUT2D eigenvalue weighted by molar-refractivity contribution is 0.0698. The summed E-state index contributed by atoms with van der Waals surface area (Å²) in [5.74, 6) is -0.784. The van der Waals surface area contributed by atoms with Gasteiger partial charge < -0.3 is 9.32 Å². The van der Waals surface area contributed by atoms with Crippen LogP contribution in [-0.2, 0) is 10.0 Å². The van der Waals surface area contributed by atoms with E-state index in [9.17, 15) is 18.0 Å². The van der Waals surface area contributed by atoms with Crippen LogP contribution in [0.1, 0.15) is 10.4 Å². The van der Waals surface area contributed by atoms with Gasteiger partial charge in [-0.05, 0) is 24.3 Å². The fourth-order valence-electron chi connectivity index (χ4n) is 3.04. The summed E-state index contributed by atoms with van der Waals surface area (Å²) in [7, 11) is -3.75. The van der Waals surface area contributed by atoms with Crippen LogP contribution < -0.4 is 5.76 Å². The number of oxazole rings is 1. The number of sulfonamides is 1. The van der Waals surface area contributed by atoms with Gasteiger partial charge in [0.25, 0.3) is 5.91 Å². The number of nitrogens with one attached hydrogen (secondary N) is 1. The molecule has 0 bridgehead atoms. The highest BCUT2D eigenvalue weighted by atomic mass is 32.2. The highest BCUT2D eigenvalue weighted by Crippen LogP contribution is 2.22. The third kappa shape index (κ3) is 3.24. The molecule has 1 amide bonds. The second kappa shape index (κ2) is 6.63. The van der Waals surface area contributed by atoms with E-state index in [2.05, 4.69) is 9.97 Å². The molecule has 2 aromatic heterocycles. The number of aromatic nitrogens is 2. The molecule has 1 aliphatic heterocycles. The van der Waals surface area contributed by atoms with Crippen LogP contribution in [0.15, 0.2) is 56.8 Å². The van der Waals surface area contributed by atoms with Crippen molar-refractivity contribution in [1.29, 1.82) is 0 Å². The molecule has 140 valence electrons. The highest BCUT2D eigenvalue weighted by molar-refractivity contribution is 7.89. The van der Waals surface area contributed by atoms with Crippen LogP contribution in [0, 0.1) is 0 Å². The molecule has 3 aromatic rings. The quantitative estimate of drug-likeness (QED) is 0.705. The topological polar surface area (TPSA) is 117 Å². The highest BCUT2D eigenvalue weighted by Gasteiger charge is 2.30. The first-order valence-electron chi connectivity index (χ1n) is 8.27. The lowest BCUT2D eigenvalue weighted by Crippen LogP contribution is -2.50. The van der Waals surface area contributed by atoms with E-state index in [4.69, 9.17) is 4.42 Å². The molecule has 1 saturated heterocycles. The van der Waals surface area contributed by atoms with E-state index in [-0.39, 0.29) is 29.5 Å². The van der Waals surface area contributed by atoms with Crippen molar-refractivity contribution < 1.29 is 17.6 Å². The van der Waals surface area contributed by atoms with E-state index < -0.39 is 15.8 Å². The van der Waals surface area contributed by atoms with Crippen molar-refractivity contribution in [3.8, 4) is 0 Å². The summed E-state index contributed by atoms with van der Waals surface area (Å²) in [6.07, 6.45) is 3.09. The Bertz CT molecular complexity index is 1140. The maximum atomic E-state index is 12.9. The monoisotopic (exact) mass is 388 g/mol. The van der Waals surface area contributed by atoms with Crippen LogP contribution in [0.5, 0.6) is 0 Å². The molecule has 0 spiro atoms. The number of carbonyl (C=O) groups is 1. The van der Waals surface area contributed by atoms with Crippen molar-refractivity contribution >= 4 is 27.0 Å². The van der Waals surface area contributed by atoms with E-state index in [0.29, 0.717) is 24.2 Å². The van der Waals surface area contributed by atoms with Crippen LogP contribution in [0.3, 0.4) is 0 Å². The Balaban J connectivity index is 1.51. The molecule has 3 heterocycles. The molecular formula is C17H16N4O5S. The summed E-state index contributed by atoms with van der Waals surface area (Å²) in [5, 5.41) is 0. The third-order valence-corrected chi connectivity index (χ3v) is 6.38. The number of hydrogen-bond donors (Lipinski definition) is 1. The smallest absolute Gasteiger partial charge is 0.408 e. The molecule has 0 radical (unpaired) electrons. The standard InChI is InChI=1S/C17H16N4O5S/c22-16(12-3-5-18-6-4-12)20-7-9-21(10-8-20)27(24,25)13-1-2-14-15(11-13)26-17(23)19-14/h1-6,11H,7-10H2,(H,19,23). The van der Waals surface area contributed by atoms with Gasteiger partial charge in [0, 0.05) is 50.2 Å². The molecule has 0 atom stereocenters. The van der Waals surface area contributed by atoms with E-state index >= 15 is 0 Å². The van der Waals surface area contributed by atoms with Crippen molar-refractivity contribution in [1.82, 2.24) is 19.2 Å². The van der Waals surface area contributed by atoms with Gasteiger partial charge in [-0.25, -0.2) is 13.2 Å².